The van der Waals surface area contributed by atoms with E-state index in [0.717, 1.165) is 0 Å². The molecule has 0 radical (unpaired) electrons. The lowest BCUT2D eigenvalue weighted by atomic mass is 10.1. The molecule has 1 rings (SSSR count). The number of nitrogens with one attached hydrogen (secondary N) is 1. The Labute approximate surface area is 65.9 Å². The van der Waals surface area contributed by atoms with Gasteiger partial charge in [-0.1, -0.05) is 0 Å². The Morgan fingerprint density at radius 3 is 2.55 bits per heavy atom. The minimum absolute atomic E-state index is 0.124. The van der Waals surface area contributed by atoms with Crippen molar-refractivity contribution in [3.05, 3.63) is 0 Å². The number of carbonyl (C=O) groups excluding carboxylic acids is 1. The first-order valence-electron chi connectivity index (χ1n) is 3.46. The Bertz CT molecular complexity index is 257. The number of sulfone groups is 1. The summed E-state index contributed by atoms with van der Waals surface area (Å²) in [7, 11) is -3.02. The first-order chi connectivity index (χ1) is 5.00. The normalized spacial score (nSPS) is 26.3. The molecular weight excluding hydrogens is 166 g/mol. The molecule has 1 N–H and O–H groups in total. The molecule has 11 heavy (non-hydrogen) atoms. The molecule has 1 aliphatic rings. The Morgan fingerprint density at radius 1 is 1.55 bits per heavy atom. The minimum Gasteiger partial charge on any atom is -0.356 e. The predicted molar refractivity (Wildman–Crippen MR) is 40.9 cm³/mol. The summed E-state index contributed by atoms with van der Waals surface area (Å²) < 4.78 is 21.9. The van der Waals surface area contributed by atoms with Gasteiger partial charge < -0.3 is 5.32 Å². The molecule has 1 heterocycles. The van der Waals surface area contributed by atoms with Crippen LogP contribution in [0.2, 0.25) is 0 Å². The molecule has 0 aliphatic carbocycles. The van der Waals surface area contributed by atoms with Crippen molar-refractivity contribution in [2.24, 2.45) is 0 Å². The number of piperidine rings is 1. The highest BCUT2D eigenvalue weighted by Gasteiger charge is 2.26. The molecule has 1 amide bonds. The number of hydrogen-bond acceptors (Lipinski definition) is 3. The molecular formula is C6H11NO3S. The first-order valence-corrected chi connectivity index (χ1v) is 5.41. The summed E-state index contributed by atoms with van der Waals surface area (Å²) in [4.78, 5) is 10.7. The third-order valence-electron chi connectivity index (χ3n) is 1.81. The minimum atomic E-state index is -3.02. The lowest BCUT2D eigenvalue weighted by Gasteiger charge is -2.19. The van der Waals surface area contributed by atoms with Crippen LogP contribution in [0.3, 0.4) is 0 Å². The molecule has 0 bridgehead atoms. The van der Waals surface area contributed by atoms with Crippen LogP contribution in [0.15, 0.2) is 0 Å². The van der Waals surface area contributed by atoms with Crippen molar-refractivity contribution in [2.45, 2.75) is 18.1 Å². The van der Waals surface area contributed by atoms with Crippen LogP contribution in [0.1, 0.15) is 12.8 Å². The fraction of sp³-hybridized carbons (Fsp3) is 0.833. The van der Waals surface area contributed by atoms with E-state index in [0.29, 0.717) is 13.0 Å². The average molecular weight is 177 g/mol. The van der Waals surface area contributed by atoms with Gasteiger partial charge in [-0.2, -0.15) is 0 Å². The van der Waals surface area contributed by atoms with Crippen LogP contribution in [0, 0.1) is 0 Å². The summed E-state index contributed by atoms with van der Waals surface area (Å²) in [5.74, 6) is -0.160. The second-order valence-electron chi connectivity index (χ2n) is 2.79. The summed E-state index contributed by atoms with van der Waals surface area (Å²) in [6.45, 7) is 0.483. The van der Waals surface area contributed by atoms with Gasteiger partial charge >= 0.3 is 0 Å². The Morgan fingerprint density at radius 2 is 2.18 bits per heavy atom. The van der Waals surface area contributed by atoms with Crippen molar-refractivity contribution in [2.75, 3.05) is 12.8 Å². The molecule has 0 aromatic carbocycles. The molecule has 5 heteroatoms. The molecule has 1 unspecified atom stereocenters. The van der Waals surface area contributed by atoms with Gasteiger partial charge in [-0.15, -0.1) is 0 Å². The van der Waals surface area contributed by atoms with Crippen molar-refractivity contribution in [3.8, 4) is 0 Å². The van der Waals surface area contributed by atoms with E-state index in [4.69, 9.17) is 0 Å². The monoisotopic (exact) mass is 177 g/mol. The summed E-state index contributed by atoms with van der Waals surface area (Å²) in [5.41, 5.74) is 0. The Balaban J connectivity index is 2.68. The van der Waals surface area contributed by atoms with Gasteiger partial charge in [0.1, 0.15) is 0 Å². The first kappa shape index (κ1) is 8.52. The van der Waals surface area contributed by atoms with Gasteiger partial charge in [0.05, 0.1) is 5.25 Å². The van der Waals surface area contributed by atoms with Crippen LogP contribution in [0.5, 0.6) is 0 Å². The van der Waals surface area contributed by atoms with E-state index >= 15 is 0 Å². The maximum Gasteiger partial charge on any atom is 0.221 e. The van der Waals surface area contributed by atoms with Crippen LogP contribution < -0.4 is 5.32 Å². The summed E-state index contributed by atoms with van der Waals surface area (Å²) in [6, 6.07) is 0. The standard InChI is InChI=1S/C6H11NO3S/c1-11(9,10)5-2-3-7-6(8)4-5/h5H,2-4H2,1H3,(H,7,8). The van der Waals surface area contributed by atoms with Crippen LogP contribution in [0.4, 0.5) is 0 Å². The second kappa shape index (κ2) is 2.81. The molecule has 0 aromatic heterocycles. The van der Waals surface area contributed by atoms with Crippen molar-refractivity contribution in [3.63, 3.8) is 0 Å². The van der Waals surface area contributed by atoms with Gasteiger partial charge in [0.25, 0.3) is 0 Å². The number of rotatable bonds is 1. The summed E-state index contributed by atoms with van der Waals surface area (Å²) in [5, 5.41) is 2.12. The van der Waals surface area contributed by atoms with Crippen LogP contribution in [0.25, 0.3) is 0 Å². The van der Waals surface area contributed by atoms with E-state index in [9.17, 15) is 13.2 Å². The molecule has 1 fully saturated rings. The van der Waals surface area contributed by atoms with E-state index in [2.05, 4.69) is 5.32 Å². The number of hydrogen-bond donors (Lipinski definition) is 1. The lowest BCUT2D eigenvalue weighted by Crippen LogP contribution is -2.39. The van der Waals surface area contributed by atoms with E-state index in [1.165, 1.54) is 6.26 Å². The highest BCUT2D eigenvalue weighted by atomic mass is 32.2. The number of amides is 1. The molecule has 1 atom stereocenters. The maximum atomic E-state index is 11.0. The molecule has 64 valence electrons. The van der Waals surface area contributed by atoms with Gasteiger partial charge in [-0.25, -0.2) is 8.42 Å². The molecule has 0 spiro atoms. The van der Waals surface area contributed by atoms with Gasteiger partial charge in [0, 0.05) is 19.2 Å². The zero-order chi connectivity index (χ0) is 8.48. The van der Waals surface area contributed by atoms with Crippen LogP contribution >= 0.6 is 0 Å². The fourth-order valence-electron chi connectivity index (χ4n) is 1.12. The molecule has 1 saturated heterocycles. The van der Waals surface area contributed by atoms with Crippen LogP contribution in [-0.2, 0) is 14.6 Å². The zero-order valence-electron chi connectivity index (χ0n) is 6.33. The van der Waals surface area contributed by atoms with E-state index in [1.54, 1.807) is 0 Å². The highest BCUT2D eigenvalue weighted by molar-refractivity contribution is 7.91. The average Bonchev–Trinajstić information content (AvgIpc) is 1.86. The second-order valence-corrected chi connectivity index (χ2v) is 5.12. The van der Waals surface area contributed by atoms with Gasteiger partial charge in [0.15, 0.2) is 9.84 Å². The molecule has 0 saturated carbocycles. The van der Waals surface area contributed by atoms with Gasteiger partial charge in [-0.3, -0.25) is 4.79 Å². The zero-order valence-corrected chi connectivity index (χ0v) is 7.15. The van der Waals surface area contributed by atoms with Crippen molar-refractivity contribution in [1.82, 2.24) is 5.32 Å². The van der Waals surface area contributed by atoms with E-state index < -0.39 is 15.1 Å². The van der Waals surface area contributed by atoms with Crippen LogP contribution in [-0.4, -0.2) is 32.4 Å². The third kappa shape index (κ3) is 2.18. The quantitative estimate of drug-likeness (QED) is 0.576. The van der Waals surface area contributed by atoms with Crippen molar-refractivity contribution in [1.29, 1.82) is 0 Å². The lowest BCUT2D eigenvalue weighted by molar-refractivity contribution is -0.122. The SMILES string of the molecule is CS(=O)(=O)C1CCNC(=O)C1. The van der Waals surface area contributed by atoms with Gasteiger partial charge in [0.2, 0.25) is 5.91 Å². The maximum absolute atomic E-state index is 11.0. The molecule has 1 aliphatic heterocycles. The van der Waals surface area contributed by atoms with Crippen molar-refractivity contribution < 1.29 is 13.2 Å². The third-order valence-corrected chi connectivity index (χ3v) is 3.42. The number of carbonyl (C=O) groups is 1. The molecule has 4 nitrogen and oxygen atoms in total. The highest BCUT2D eigenvalue weighted by Crippen LogP contribution is 2.11. The summed E-state index contributed by atoms with van der Waals surface area (Å²) in [6.07, 6.45) is 1.85. The largest absolute Gasteiger partial charge is 0.356 e. The van der Waals surface area contributed by atoms with E-state index in [-0.39, 0.29) is 12.3 Å². The summed E-state index contributed by atoms with van der Waals surface area (Å²) >= 11 is 0. The Hall–Kier alpha value is -0.580. The Kier molecular flexibility index (Phi) is 2.17. The molecule has 0 aromatic rings. The smallest absolute Gasteiger partial charge is 0.221 e. The van der Waals surface area contributed by atoms with Crippen molar-refractivity contribution >= 4 is 15.7 Å². The topological polar surface area (TPSA) is 63.2 Å². The predicted octanol–water partition coefficient (Wildman–Crippen LogP) is -0.690. The van der Waals surface area contributed by atoms with E-state index in [1.807, 2.05) is 0 Å². The van der Waals surface area contributed by atoms with Gasteiger partial charge in [-0.05, 0) is 6.42 Å². The fourth-order valence-corrected chi connectivity index (χ4v) is 2.12.